The highest BCUT2D eigenvalue weighted by atomic mass is 35.5. The second-order valence-corrected chi connectivity index (χ2v) is 13.8. The Morgan fingerprint density at radius 1 is 0.932 bits per heavy atom. The van der Waals surface area contributed by atoms with Crippen molar-refractivity contribution in [1.29, 1.82) is 0 Å². The first kappa shape index (κ1) is 33.6. The average molecular weight is 661 g/mol. The summed E-state index contributed by atoms with van der Waals surface area (Å²) in [4.78, 5) is 29.0. The van der Waals surface area contributed by atoms with Crippen molar-refractivity contribution < 1.29 is 22.7 Å². The Hall–Kier alpha value is -3.27. The van der Waals surface area contributed by atoms with Gasteiger partial charge in [0.25, 0.3) is 0 Å². The molecule has 3 aromatic carbocycles. The van der Waals surface area contributed by atoms with Gasteiger partial charge in [0, 0.05) is 12.6 Å². The van der Waals surface area contributed by atoms with Crippen molar-refractivity contribution in [3.63, 3.8) is 0 Å². The van der Waals surface area contributed by atoms with Crippen molar-refractivity contribution in [3.8, 4) is 5.75 Å². The van der Waals surface area contributed by atoms with Gasteiger partial charge in [-0.1, -0.05) is 85.8 Å². The fourth-order valence-electron chi connectivity index (χ4n) is 5.36. The van der Waals surface area contributed by atoms with Crippen LogP contribution in [0.2, 0.25) is 10.0 Å². The first-order valence-corrected chi connectivity index (χ1v) is 17.4. The van der Waals surface area contributed by atoms with Crippen LogP contribution in [-0.4, -0.2) is 50.0 Å². The van der Waals surface area contributed by atoms with Gasteiger partial charge in [-0.25, -0.2) is 8.42 Å². The lowest BCUT2D eigenvalue weighted by atomic mass is 9.95. The standard InChI is InChI=1S/C33H39Cl2N3O5S/c1-3-31(33(40)36-26-12-8-5-9-13-26)37(21-25-14-19-29(34)30(35)20-25)32(39)22-38(44(2,41)42)27-15-17-28(18-16-27)43-23-24-10-6-4-7-11-24/h4,6-7,10-11,14-20,26,31H,3,5,8-9,12-13,21-23H2,1-2H3,(H,36,40)/t31-/m1/s1. The molecule has 1 N–H and O–H groups in total. The van der Waals surface area contributed by atoms with Crippen molar-refractivity contribution in [3.05, 3.63) is 94.0 Å². The molecule has 236 valence electrons. The summed E-state index contributed by atoms with van der Waals surface area (Å²) in [6.45, 7) is 1.76. The van der Waals surface area contributed by atoms with Gasteiger partial charge in [-0.3, -0.25) is 13.9 Å². The highest BCUT2D eigenvalue weighted by molar-refractivity contribution is 7.92. The lowest BCUT2D eigenvalue weighted by Crippen LogP contribution is -2.53. The summed E-state index contributed by atoms with van der Waals surface area (Å²) in [6.07, 6.45) is 6.44. The maximum Gasteiger partial charge on any atom is 0.244 e. The van der Waals surface area contributed by atoms with Gasteiger partial charge in [-0.2, -0.15) is 0 Å². The molecule has 44 heavy (non-hydrogen) atoms. The molecule has 1 atom stereocenters. The van der Waals surface area contributed by atoms with Crippen molar-refractivity contribution >= 4 is 50.7 Å². The van der Waals surface area contributed by atoms with Crippen LogP contribution in [0.4, 0.5) is 5.69 Å². The summed E-state index contributed by atoms with van der Waals surface area (Å²) < 4.78 is 32.8. The zero-order chi connectivity index (χ0) is 31.7. The van der Waals surface area contributed by atoms with Crippen molar-refractivity contribution in [2.75, 3.05) is 17.1 Å². The van der Waals surface area contributed by atoms with E-state index in [-0.39, 0.29) is 18.5 Å². The summed E-state index contributed by atoms with van der Waals surface area (Å²) in [5.41, 5.74) is 1.98. The van der Waals surface area contributed by atoms with E-state index >= 15 is 0 Å². The predicted octanol–water partition coefficient (Wildman–Crippen LogP) is 6.59. The highest BCUT2D eigenvalue weighted by Gasteiger charge is 2.33. The van der Waals surface area contributed by atoms with Gasteiger partial charge < -0.3 is 15.0 Å². The van der Waals surface area contributed by atoms with Crippen LogP contribution in [0.5, 0.6) is 5.75 Å². The van der Waals surface area contributed by atoms with E-state index in [2.05, 4.69) is 5.32 Å². The normalized spacial score (nSPS) is 14.5. The Bertz CT molecular complexity index is 1510. The van der Waals surface area contributed by atoms with Crippen LogP contribution in [0.15, 0.2) is 72.8 Å². The number of ether oxygens (including phenoxy) is 1. The maximum atomic E-state index is 14.0. The molecule has 0 heterocycles. The molecular formula is C33H39Cl2N3O5S. The van der Waals surface area contributed by atoms with Gasteiger partial charge in [-0.05, 0) is 66.8 Å². The summed E-state index contributed by atoms with van der Waals surface area (Å²) >= 11 is 12.4. The molecule has 8 nitrogen and oxygen atoms in total. The summed E-state index contributed by atoms with van der Waals surface area (Å²) in [5.74, 6) is -0.209. The van der Waals surface area contributed by atoms with Crippen molar-refractivity contribution in [2.24, 2.45) is 0 Å². The second kappa shape index (κ2) is 15.6. The molecule has 11 heteroatoms. The van der Waals surface area contributed by atoms with Crippen LogP contribution in [0, 0.1) is 0 Å². The highest BCUT2D eigenvalue weighted by Crippen LogP contribution is 2.26. The number of amides is 2. The average Bonchev–Trinajstić information content (AvgIpc) is 3.01. The molecule has 1 fully saturated rings. The fraction of sp³-hybridized carbons (Fsp3) is 0.394. The molecule has 1 saturated carbocycles. The zero-order valence-corrected chi connectivity index (χ0v) is 27.4. The van der Waals surface area contributed by atoms with Gasteiger partial charge in [0.15, 0.2) is 0 Å². The Morgan fingerprint density at radius 3 is 2.23 bits per heavy atom. The van der Waals surface area contributed by atoms with E-state index < -0.39 is 28.5 Å². The molecule has 1 aliphatic carbocycles. The fourth-order valence-corrected chi connectivity index (χ4v) is 6.53. The van der Waals surface area contributed by atoms with Crippen LogP contribution >= 0.6 is 23.2 Å². The van der Waals surface area contributed by atoms with Gasteiger partial charge >= 0.3 is 0 Å². The van der Waals surface area contributed by atoms with E-state index in [1.54, 1.807) is 42.5 Å². The molecular weight excluding hydrogens is 621 g/mol. The molecule has 0 bridgehead atoms. The second-order valence-electron chi connectivity index (χ2n) is 11.1. The molecule has 0 aliphatic heterocycles. The molecule has 0 aromatic heterocycles. The molecule has 2 amide bonds. The third kappa shape index (κ3) is 9.36. The predicted molar refractivity (Wildman–Crippen MR) is 176 cm³/mol. The Balaban J connectivity index is 1.56. The number of nitrogens with one attached hydrogen (secondary N) is 1. The Labute approximate surface area is 270 Å². The minimum absolute atomic E-state index is 0.0518. The lowest BCUT2D eigenvalue weighted by Gasteiger charge is -2.34. The number of benzene rings is 3. The third-order valence-corrected chi connectivity index (χ3v) is 9.61. The van der Waals surface area contributed by atoms with E-state index in [1.165, 1.54) is 4.90 Å². The zero-order valence-electron chi connectivity index (χ0n) is 25.0. The van der Waals surface area contributed by atoms with Crippen molar-refractivity contribution in [2.45, 2.75) is 70.7 Å². The quantitative estimate of drug-likeness (QED) is 0.223. The first-order valence-electron chi connectivity index (χ1n) is 14.8. The van der Waals surface area contributed by atoms with E-state index in [1.807, 2.05) is 37.3 Å². The van der Waals surface area contributed by atoms with Crippen molar-refractivity contribution in [1.82, 2.24) is 10.2 Å². The SMILES string of the molecule is CC[C@H](C(=O)NC1CCCCC1)N(Cc1ccc(Cl)c(Cl)c1)C(=O)CN(c1ccc(OCc2ccccc2)cc1)S(C)(=O)=O. The van der Waals surface area contributed by atoms with Gasteiger partial charge in [0.2, 0.25) is 21.8 Å². The third-order valence-electron chi connectivity index (χ3n) is 7.73. The minimum atomic E-state index is -3.87. The van der Waals surface area contributed by atoms with Crippen LogP contribution < -0.4 is 14.4 Å². The van der Waals surface area contributed by atoms with E-state index in [4.69, 9.17) is 27.9 Å². The maximum absolute atomic E-state index is 14.0. The van der Waals surface area contributed by atoms with E-state index in [9.17, 15) is 18.0 Å². The van der Waals surface area contributed by atoms with Gasteiger partial charge in [0.1, 0.15) is 24.9 Å². The number of hydrogen-bond acceptors (Lipinski definition) is 5. The molecule has 0 unspecified atom stereocenters. The first-order chi connectivity index (χ1) is 21.0. The number of sulfonamides is 1. The summed E-state index contributed by atoms with van der Waals surface area (Å²) in [5, 5.41) is 3.82. The van der Waals surface area contributed by atoms with Gasteiger partial charge in [-0.15, -0.1) is 0 Å². The number of nitrogens with zero attached hydrogens (tertiary/aromatic N) is 2. The number of hydrogen-bond donors (Lipinski definition) is 1. The van der Waals surface area contributed by atoms with Crippen LogP contribution in [0.3, 0.4) is 0 Å². The number of carbonyl (C=O) groups is 2. The smallest absolute Gasteiger partial charge is 0.244 e. The number of halogens is 2. The monoisotopic (exact) mass is 659 g/mol. The molecule has 1 aliphatic rings. The Kier molecular flexibility index (Phi) is 11.9. The summed E-state index contributed by atoms with van der Waals surface area (Å²) in [6, 6.07) is 20.5. The molecule has 3 aromatic rings. The molecule has 4 rings (SSSR count). The number of carbonyl (C=O) groups excluding carboxylic acids is 2. The van der Waals surface area contributed by atoms with Gasteiger partial charge in [0.05, 0.1) is 22.0 Å². The molecule has 0 spiro atoms. The molecule has 0 radical (unpaired) electrons. The van der Waals surface area contributed by atoms with Crippen LogP contribution in [0.25, 0.3) is 0 Å². The number of rotatable bonds is 13. The van der Waals surface area contributed by atoms with Crippen LogP contribution in [-0.2, 0) is 32.8 Å². The van der Waals surface area contributed by atoms with Crippen LogP contribution in [0.1, 0.15) is 56.6 Å². The molecule has 0 saturated heterocycles. The summed E-state index contributed by atoms with van der Waals surface area (Å²) in [7, 11) is -3.87. The topological polar surface area (TPSA) is 96.0 Å². The minimum Gasteiger partial charge on any atom is -0.489 e. The van der Waals surface area contributed by atoms with E-state index in [0.29, 0.717) is 40.1 Å². The largest absolute Gasteiger partial charge is 0.489 e. The lowest BCUT2D eigenvalue weighted by molar-refractivity contribution is -0.140. The Morgan fingerprint density at radius 2 is 1.61 bits per heavy atom. The number of anilines is 1. The van der Waals surface area contributed by atoms with E-state index in [0.717, 1.165) is 48.2 Å².